The first-order valence-electron chi connectivity index (χ1n) is 7.58. The lowest BCUT2D eigenvalue weighted by molar-refractivity contribution is -0.141. The lowest BCUT2D eigenvalue weighted by Crippen LogP contribution is -2.46. The van der Waals surface area contributed by atoms with Crippen molar-refractivity contribution in [1.29, 1.82) is 0 Å². The molecular formula is C16H18N2O5. The topological polar surface area (TPSA) is 95.9 Å². The van der Waals surface area contributed by atoms with E-state index in [4.69, 9.17) is 9.84 Å². The average molecular weight is 318 g/mol. The number of hydrogen-bond donors (Lipinski definition) is 2. The third kappa shape index (κ3) is 3.50. The maximum Gasteiger partial charge on any atom is 0.306 e. The van der Waals surface area contributed by atoms with Gasteiger partial charge in [-0.3, -0.25) is 14.4 Å². The van der Waals surface area contributed by atoms with E-state index in [0.29, 0.717) is 31.6 Å². The molecule has 0 aliphatic carbocycles. The Bertz CT molecular complexity index is 658. The molecule has 2 aliphatic rings. The number of nitrogens with zero attached hydrogens (tertiary/aromatic N) is 1. The molecule has 1 atom stereocenters. The van der Waals surface area contributed by atoms with Gasteiger partial charge in [0.2, 0.25) is 5.91 Å². The van der Waals surface area contributed by atoms with Gasteiger partial charge in [0.05, 0.1) is 19.1 Å². The molecule has 2 amide bonds. The molecule has 0 radical (unpaired) electrons. The summed E-state index contributed by atoms with van der Waals surface area (Å²) in [7, 11) is 0. The van der Waals surface area contributed by atoms with Gasteiger partial charge in [-0.1, -0.05) is 0 Å². The molecule has 1 aromatic carbocycles. The summed E-state index contributed by atoms with van der Waals surface area (Å²) in [5.41, 5.74) is 2.25. The molecule has 2 aliphatic heterocycles. The summed E-state index contributed by atoms with van der Waals surface area (Å²) in [6, 6.07) is 5.24. The second kappa shape index (κ2) is 6.37. The Morgan fingerprint density at radius 1 is 1.35 bits per heavy atom. The summed E-state index contributed by atoms with van der Waals surface area (Å²) in [5.74, 6) is -1.08. The number of carbonyl (C=O) groups excluding carboxylic acids is 2. The van der Waals surface area contributed by atoms with Gasteiger partial charge in [0.1, 0.15) is 0 Å². The molecule has 3 rings (SSSR count). The highest BCUT2D eigenvalue weighted by molar-refractivity contribution is 5.98. The van der Waals surface area contributed by atoms with Gasteiger partial charge in [0.15, 0.2) is 0 Å². The number of nitrogens with one attached hydrogen (secondary N) is 1. The number of fused-ring (bicyclic) bond motifs is 1. The number of hydrogen-bond acceptors (Lipinski definition) is 4. The number of carbonyl (C=O) groups is 3. The number of anilines is 1. The molecule has 0 spiro atoms. The third-order valence-corrected chi connectivity index (χ3v) is 4.08. The normalized spacial score (nSPS) is 20.6. The van der Waals surface area contributed by atoms with Crippen molar-refractivity contribution < 1.29 is 24.2 Å². The third-order valence-electron chi connectivity index (χ3n) is 4.08. The molecule has 7 nitrogen and oxygen atoms in total. The Morgan fingerprint density at radius 3 is 2.96 bits per heavy atom. The molecule has 2 N–H and O–H groups in total. The summed E-state index contributed by atoms with van der Waals surface area (Å²) >= 11 is 0. The number of rotatable bonds is 3. The summed E-state index contributed by atoms with van der Waals surface area (Å²) < 4.78 is 5.39. The van der Waals surface area contributed by atoms with E-state index < -0.39 is 12.1 Å². The van der Waals surface area contributed by atoms with Gasteiger partial charge in [-0.2, -0.15) is 0 Å². The fraction of sp³-hybridized carbons (Fsp3) is 0.438. The molecular weight excluding hydrogens is 300 g/mol. The van der Waals surface area contributed by atoms with Crippen LogP contribution >= 0.6 is 0 Å². The Labute approximate surface area is 133 Å². The molecule has 7 heteroatoms. The highest BCUT2D eigenvalue weighted by Gasteiger charge is 2.27. The lowest BCUT2D eigenvalue weighted by Gasteiger charge is -2.32. The van der Waals surface area contributed by atoms with Crippen molar-refractivity contribution in [3.63, 3.8) is 0 Å². The monoisotopic (exact) mass is 318 g/mol. The average Bonchev–Trinajstić information content (AvgIpc) is 2.53. The van der Waals surface area contributed by atoms with E-state index in [2.05, 4.69) is 5.32 Å². The summed E-state index contributed by atoms with van der Waals surface area (Å²) in [6.45, 7) is 1.06. The maximum absolute atomic E-state index is 12.6. The number of morpholine rings is 1. The first-order valence-corrected chi connectivity index (χ1v) is 7.58. The van der Waals surface area contributed by atoms with Crippen LogP contribution in [0.5, 0.6) is 0 Å². The minimum absolute atomic E-state index is 0.0127. The highest BCUT2D eigenvalue weighted by Crippen LogP contribution is 2.24. The molecule has 2 heterocycles. The Hall–Kier alpha value is -2.41. The first kappa shape index (κ1) is 15.5. The molecule has 0 saturated carbocycles. The van der Waals surface area contributed by atoms with E-state index in [9.17, 15) is 14.4 Å². The van der Waals surface area contributed by atoms with Gasteiger partial charge in [-0.05, 0) is 30.2 Å². The zero-order valence-corrected chi connectivity index (χ0v) is 12.6. The van der Waals surface area contributed by atoms with Crippen LogP contribution < -0.4 is 5.32 Å². The SMILES string of the molecule is O=C(O)CC1CN(C(=O)c2ccc3c(c2)CCC(=O)N3)CCO1. The maximum atomic E-state index is 12.6. The second-order valence-electron chi connectivity index (χ2n) is 5.76. The van der Waals surface area contributed by atoms with Crippen molar-refractivity contribution in [3.05, 3.63) is 29.3 Å². The molecule has 122 valence electrons. The van der Waals surface area contributed by atoms with Crippen molar-refractivity contribution in [1.82, 2.24) is 4.90 Å². The number of ether oxygens (including phenoxy) is 1. The van der Waals surface area contributed by atoms with E-state index >= 15 is 0 Å². The minimum atomic E-state index is -0.936. The Morgan fingerprint density at radius 2 is 2.17 bits per heavy atom. The highest BCUT2D eigenvalue weighted by atomic mass is 16.5. The quantitative estimate of drug-likeness (QED) is 0.863. The van der Waals surface area contributed by atoms with Gasteiger partial charge in [0, 0.05) is 30.8 Å². The molecule has 1 saturated heterocycles. The molecule has 1 fully saturated rings. The number of carboxylic acid groups (broad SMARTS) is 1. The van der Waals surface area contributed by atoms with Crippen molar-refractivity contribution in [2.24, 2.45) is 0 Å². The fourth-order valence-corrected chi connectivity index (χ4v) is 2.92. The van der Waals surface area contributed by atoms with Crippen molar-refractivity contribution >= 4 is 23.5 Å². The summed E-state index contributed by atoms with van der Waals surface area (Å²) in [6.07, 6.45) is 0.456. The fourth-order valence-electron chi connectivity index (χ4n) is 2.92. The van der Waals surface area contributed by atoms with Gasteiger partial charge < -0.3 is 20.1 Å². The second-order valence-corrected chi connectivity index (χ2v) is 5.76. The Balaban J connectivity index is 1.72. The van der Waals surface area contributed by atoms with E-state index in [-0.39, 0.29) is 24.8 Å². The zero-order valence-electron chi connectivity index (χ0n) is 12.6. The predicted molar refractivity (Wildman–Crippen MR) is 81.3 cm³/mol. The van der Waals surface area contributed by atoms with Crippen molar-refractivity contribution in [2.75, 3.05) is 25.0 Å². The van der Waals surface area contributed by atoms with Crippen LogP contribution in [0.4, 0.5) is 5.69 Å². The van der Waals surface area contributed by atoms with E-state index in [0.717, 1.165) is 11.3 Å². The molecule has 23 heavy (non-hydrogen) atoms. The van der Waals surface area contributed by atoms with Crippen molar-refractivity contribution in [2.45, 2.75) is 25.4 Å². The van der Waals surface area contributed by atoms with Crippen LogP contribution in [0.1, 0.15) is 28.8 Å². The molecule has 1 aromatic rings. The van der Waals surface area contributed by atoms with E-state index in [1.807, 2.05) is 0 Å². The number of carboxylic acids is 1. The molecule has 0 aromatic heterocycles. The van der Waals surface area contributed by atoms with Crippen LogP contribution in [0.25, 0.3) is 0 Å². The lowest BCUT2D eigenvalue weighted by atomic mass is 9.99. The number of aliphatic carboxylic acids is 1. The van der Waals surface area contributed by atoms with Crippen LogP contribution in [-0.2, 0) is 20.7 Å². The number of benzene rings is 1. The van der Waals surface area contributed by atoms with Crippen LogP contribution in [0.15, 0.2) is 18.2 Å². The largest absolute Gasteiger partial charge is 0.481 e. The zero-order chi connectivity index (χ0) is 16.4. The van der Waals surface area contributed by atoms with Gasteiger partial charge in [-0.15, -0.1) is 0 Å². The van der Waals surface area contributed by atoms with Gasteiger partial charge >= 0.3 is 5.97 Å². The van der Waals surface area contributed by atoms with Crippen LogP contribution in [0.3, 0.4) is 0 Å². The van der Waals surface area contributed by atoms with Crippen LogP contribution in [0, 0.1) is 0 Å². The number of amides is 2. The van der Waals surface area contributed by atoms with E-state index in [1.165, 1.54) is 0 Å². The summed E-state index contributed by atoms with van der Waals surface area (Å²) in [5, 5.41) is 11.6. The van der Waals surface area contributed by atoms with Crippen molar-refractivity contribution in [3.8, 4) is 0 Å². The first-order chi connectivity index (χ1) is 11.0. The predicted octanol–water partition coefficient (Wildman–Crippen LogP) is 0.887. The smallest absolute Gasteiger partial charge is 0.306 e. The minimum Gasteiger partial charge on any atom is -0.481 e. The van der Waals surface area contributed by atoms with Crippen LogP contribution in [-0.4, -0.2) is 53.6 Å². The van der Waals surface area contributed by atoms with Gasteiger partial charge in [-0.25, -0.2) is 0 Å². The molecule has 1 unspecified atom stereocenters. The van der Waals surface area contributed by atoms with Crippen LogP contribution in [0.2, 0.25) is 0 Å². The summed E-state index contributed by atoms with van der Waals surface area (Å²) in [4.78, 5) is 36.4. The number of aryl methyl sites for hydroxylation is 1. The van der Waals surface area contributed by atoms with Gasteiger partial charge in [0.25, 0.3) is 5.91 Å². The standard InChI is InChI=1S/C16H18N2O5/c19-14-4-2-10-7-11(1-3-13(10)17-14)16(22)18-5-6-23-12(9-18)8-15(20)21/h1,3,7,12H,2,4-6,8-9H2,(H,17,19)(H,20,21). The Kier molecular flexibility index (Phi) is 4.29. The van der Waals surface area contributed by atoms with E-state index in [1.54, 1.807) is 23.1 Å². The molecule has 0 bridgehead atoms.